The minimum atomic E-state index is -0.924. The van der Waals surface area contributed by atoms with Crippen LogP contribution in [-0.2, 0) is 0 Å². The van der Waals surface area contributed by atoms with E-state index in [0.29, 0.717) is 11.5 Å². The van der Waals surface area contributed by atoms with Crippen molar-refractivity contribution in [2.24, 2.45) is 11.7 Å². The average molecular weight is 260 g/mol. The van der Waals surface area contributed by atoms with Crippen LogP contribution in [0.25, 0.3) is 0 Å². The Morgan fingerprint density at radius 1 is 1.24 bits per heavy atom. The van der Waals surface area contributed by atoms with Crippen LogP contribution in [0, 0.1) is 17.6 Å². The lowest BCUT2D eigenvalue weighted by Crippen LogP contribution is -2.15. The zero-order valence-corrected chi connectivity index (χ0v) is 10.3. The molecule has 94 valence electrons. The van der Waals surface area contributed by atoms with E-state index >= 15 is 0 Å². The maximum Gasteiger partial charge on any atom is 0.160 e. The lowest BCUT2D eigenvalue weighted by atomic mass is 9.94. The van der Waals surface area contributed by atoms with Crippen LogP contribution in [0.4, 0.5) is 8.78 Å². The first-order valence-electron chi connectivity index (χ1n) is 5.98. The lowest BCUT2D eigenvalue weighted by molar-refractivity contribution is 0.447. The number of nitrogens with two attached hydrogens (primary N) is 1. The number of rotatable bonds is 3. The molecule has 1 unspecified atom stereocenters. The smallest absolute Gasteiger partial charge is 0.160 e. The summed E-state index contributed by atoms with van der Waals surface area (Å²) in [4.78, 5) is 0. The number of hydrogen-bond donors (Lipinski definition) is 1. The molecule has 1 aliphatic carbocycles. The third kappa shape index (κ3) is 2.96. The molecule has 4 heteroatoms. The molecule has 1 aliphatic rings. The molecule has 0 aromatic heterocycles. The van der Waals surface area contributed by atoms with Gasteiger partial charge in [-0.25, -0.2) is 8.78 Å². The highest BCUT2D eigenvalue weighted by molar-refractivity contribution is 6.31. The SMILES string of the molecule is NC(CC1CCCC1)c1cc(F)c(F)cc1Cl. The first kappa shape index (κ1) is 12.8. The second kappa shape index (κ2) is 5.32. The van der Waals surface area contributed by atoms with Crippen LogP contribution in [0.1, 0.15) is 43.7 Å². The zero-order chi connectivity index (χ0) is 12.4. The Labute approximate surface area is 105 Å². The fraction of sp³-hybridized carbons (Fsp3) is 0.538. The summed E-state index contributed by atoms with van der Waals surface area (Å²) in [7, 11) is 0. The molecule has 1 fully saturated rings. The van der Waals surface area contributed by atoms with Crippen molar-refractivity contribution in [2.75, 3.05) is 0 Å². The Morgan fingerprint density at radius 3 is 2.47 bits per heavy atom. The molecular formula is C13H16ClF2N. The van der Waals surface area contributed by atoms with Crippen molar-refractivity contribution in [1.29, 1.82) is 0 Å². The van der Waals surface area contributed by atoms with Gasteiger partial charge >= 0.3 is 0 Å². The normalized spacial score (nSPS) is 18.6. The molecule has 1 nitrogen and oxygen atoms in total. The van der Waals surface area contributed by atoms with Crippen molar-refractivity contribution in [3.05, 3.63) is 34.4 Å². The maximum absolute atomic E-state index is 13.1. The summed E-state index contributed by atoms with van der Waals surface area (Å²) >= 11 is 5.90. The van der Waals surface area contributed by atoms with Gasteiger partial charge in [0.15, 0.2) is 11.6 Å². The molecule has 0 aliphatic heterocycles. The molecule has 1 aromatic carbocycles. The first-order chi connectivity index (χ1) is 8.08. The summed E-state index contributed by atoms with van der Waals surface area (Å²) in [5.41, 5.74) is 6.53. The molecule has 0 amide bonds. The largest absolute Gasteiger partial charge is 0.324 e. The van der Waals surface area contributed by atoms with Crippen LogP contribution in [0.15, 0.2) is 12.1 Å². The van der Waals surface area contributed by atoms with Crippen molar-refractivity contribution in [3.63, 3.8) is 0 Å². The van der Waals surface area contributed by atoms with Crippen LogP contribution < -0.4 is 5.73 Å². The van der Waals surface area contributed by atoms with Crippen LogP contribution in [0.3, 0.4) is 0 Å². The topological polar surface area (TPSA) is 26.0 Å². The van der Waals surface area contributed by atoms with Gasteiger partial charge in [0.1, 0.15) is 0 Å². The Hall–Kier alpha value is -0.670. The molecule has 0 saturated heterocycles. The predicted molar refractivity (Wildman–Crippen MR) is 64.9 cm³/mol. The third-order valence-electron chi connectivity index (χ3n) is 3.50. The minimum absolute atomic E-state index is 0.217. The number of benzene rings is 1. The predicted octanol–water partition coefficient (Wildman–Crippen LogP) is 4.20. The van der Waals surface area contributed by atoms with Crippen LogP contribution in [0.2, 0.25) is 5.02 Å². The highest BCUT2D eigenvalue weighted by Crippen LogP contribution is 2.34. The monoisotopic (exact) mass is 259 g/mol. The van der Waals surface area contributed by atoms with E-state index in [0.717, 1.165) is 18.6 Å². The Morgan fingerprint density at radius 2 is 1.82 bits per heavy atom. The summed E-state index contributed by atoms with van der Waals surface area (Å²) in [5, 5.41) is 0.217. The van der Waals surface area contributed by atoms with E-state index in [1.54, 1.807) is 0 Å². The quantitative estimate of drug-likeness (QED) is 0.809. The molecule has 0 spiro atoms. The van der Waals surface area contributed by atoms with Crippen molar-refractivity contribution >= 4 is 11.6 Å². The van der Waals surface area contributed by atoms with Gasteiger partial charge in [0, 0.05) is 11.1 Å². The summed E-state index contributed by atoms with van der Waals surface area (Å²) in [6.07, 6.45) is 5.63. The molecule has 1 saturated carbocycles. The van der Waals surface area contributed by atoms with Gasteiger partial charge in [-0.1, -0.05) is 37.3 Å². The van der Waals surface area contributed by atoms with E-state index in [-0.39, 0.29) is 11.1 Å². The molecule has 0 radical (unpaired) electrons. The van der Waals surface area contributed by atoms with Gasteiger partial charge in [-0.3, -0.25) is 0 Å². The first-order valence-corrected chi connectivity index (χ1v) is 6.35. The minimum Gasteiger partial charge on any atom is -0.324 e. The van der Waals surface area contributed by atoms with Gasteiger partial charge in [0.05, 0.1) is 0 Å². The molecule has 17 heavy (non-hydrogen) atoms. The molecule has 0 bridgehead atoms. The van der Waals surface area contributed by atoms with Crippen LogP contribution in [-0.4, -0.2) is 0 Å². The van der Waals surface area contributed by atoms with E-state index in [9.17, 15) is 8.78 Å². The second-order valence-corrected chi connectivity index (χ2v) is 5.19. The molecule has 1 atom stereocenters. The number of halogens is 3. The Bertz CT molecular complexity index is 403. The number of hydrogen-bond acceptors (Lipinski definition) is 1. The second-order valence-electron chi connectivity index (χ2n) is 4.78. The average Bonchev–Trinajstić information content (AvgIpc) is 2.76. The van der Waals surface area contributed by atoms with Crippen molar-refractivity contribution in [3.8, 4) is 0 Å². The van der Waals surface area contributed by atoms with Gasteiger partial charge in [-0.05, 0) is 30.0 Å². The van der Waals surface area contributed by atoms with E-state index in [2.05, 4.69) is 0 Å². The summed E-state index contributed by atoms with van der Waals surface area (Å²) < 4.78 is 26.1. The summed E-state index contributed by atoms with van der Waals surface area (Å²) in [6, 6.07) is 1.82. The van der Waals surface area contributed by atoms with Crippen molar-refractivity contribution in [1.82, 2.24) is 0 Å². The standard InChI is InChI=1S/C13H16ClF2N/c14-10-7-12(16)11(15)6-9(10)13(17)5-8-3-1-2-4-8/h6-8,13H,1-5,17H2. The molecule has 1 aromatic rings. The molecular weight excluding hydrogens is 244 g/mol. The van der Waals surface area contributed by atoms with E-state index in [4.69, 9.17) is 17.3 Å². The van der Waals surface area contributed by atoms with E-state index in [1.807, 2.05) is 0 Å². The van der Waals surface area contributed by atoms with Crippen LogP contribution >= 0.6 is 11.6 Å². The Balaban J connectivity index is 2.12. The molecule has 2 N–H and O–H groups in total. The van der Waals surface area contributed by atoms with Gasteiger partial charge in [0.25, 0.3) is 0 Å². The van der Waals surface area contributed by atoms with Gasteiger partial charge in [0.2, 0.25) is 0 Å². The molecule has 0 heterocycles. The zero-order valence-electron chi connectivity index (χ0n) is 9.56. The fourth-order valence-corrected chi connectivity index (χ4v) is 2.84. The maximum atomic E-state index is 13.1. The van der Waals surface area contributed by atoms with Crippen molar-refractivity contribution in [2.45, 2.75) is 38.1 Å². The van der Waals surface area contributed by atoms with Gasteiger partial charge in [-0.15, -0.1) is 0 Å². The van der Waals surface area contributed by atoms with Crippen molar-refractivity contribution < 1.29 is 8.78 Å². The summed E-state index contributed by atoms with van der Waals surface area (Å²) in [6.45, 7) is 0. The highest BCUT2D eigenvalue weighted by atomic mass is 35.5. The highest BCUT2D eigenvalue weighted by Gasteiger charge is 2.21. The van der Waals surface area contributed by atoms with Gasteiger partial charge in [-0.2, -0.15) is 0 Å². The summed E-state index contributed by atoms with van der Waals surface area (Å²) in [5.74, 6) is -1.22. The lowest BCUT2D eigenvalue weighted by Gasteiger charge is -2.18. The fourth-order valence-electron chi connectivity index (χ4n) is 2.55. The Kier molecular flexibility index (Phi) is 4.00. The molecule has 2 rings (SSSR count). The van der Waals surface area contributed by atoms with E-state index in [1.165, 1.54) is 25.7 Å². The third-order valence-corrected chi connectivity index (χ3v) is 3.83. The van der Waals surface area contributed by atoms with Crippen LogP contribution in [0.5, 0.6) is 0 Å². The van der Waals surface area contributed by atoms with Gasteiger partial charge < -0.3 is 5.73 Å². The van der Waals surface area contributed by atoms with E-state index < -0.39 is 11.6 Å².